The second-order valence-electron chi connectivity index (χ2n) is 4.58. The Bertz CT molecular complexity index is 605. The summed E-state index contributed by atoms with van der Waals surface area (Å²) in [5.74, 6) is 0.733. The summed E-state index contributed by atoms with van der Waals surface area (Å²) in [5.41, 5.74) is -0.715. The van der Waals surface area contributed by atoms with E-state index in [-0.39, 0.29) is 23.3 Å². The number of aromatic nitrogens is 3. The van der Waals surface area contributed by atoms with E-state index in [9.17, 15) is 13.2 Å². The highest BCUT2D eigenvalue weighted by Gasteiger charge is 2.35. The topological polar surface area (TPSA) is 30.7 Å². The molecule has 0 bridgehead atoms. The van der Waals surface area contributed by atoms with Crippen LogP contribution in [0.5, 0.6) is 0 Å². The first kappa shape index (κ1) is 14.8. The number of rotatable bonds is 3. The Morgan fingerprint density at radius 2 is 1.85 bits per heavy atom. The molecule has 1 heterocycles. The molecule has 0 N–H and O–H groups in total. The van der Waals surface area contributed by atoms with Crippen LogP contribution in [0.4, 0.5) is 13.2 Å². The molecule has 1 aromatic carbocycles. The number of halogens is 4. The van der Waals surface area contributed by atoms with Crippen molar-refractivity contribution in [2.75, 3.05) is 0 Å². The summed E-state index contributed by atoms with van der Waals surface area (Å²) >= 11 is 5.76. The molecular formula is C13H13ClF3N3. The van der Waals surface area contributed by atoms with Gasteiger partial charge < -0.3 is 4.57 Å². The van der Waals surface area contributed by atoms with Crippen LogP contribution in [0.15, 0.2) is 24.3 Å². The highest BCUT2D eigenvalue weighted by atomic mass is 35.5. The van der Waals surface area contributed by atoms with Gasteiger partial charge in [0.2, 0.25) is 0 Å². The van der Waals surface area contributed by atoms with Gasteiger partial charge in [-0.15, -0.1) is 21.8 Å². The molecule has 0 unspecified atom stereocenters. The zero-order valence-corrected chi connectivity index (χ0v) is 11.7. The molecule has 20 heavy (non-hydrogen) atoms. The lowest BCUT2D eigenvalue weighted by Gasteiger charge is -2.16. The normalized spacial score (nSPS) is 12.2. The number of benzene rings is 1. The van der Waals surface area contributed by atoms with Gasteiger partial charge in [-0.2, -0.15) is 13.2 Å². The van der Waals surface area contributed by atoms with E-state index in [0.29, 0.717) is 5.82 Å². The summed E-state index contributed by atoms with van der Waals surface area (Å²) in [5, 5.41) is 7.75. The molecule has 0 radical (unpaired) electrons. The lowest BCUT2D eigenvalue weighted by molar-refractivity contribution is -0.137. The fourth-order valence-corrected chi connectivity index (χ4v) is 2.25. The fourth-order valence-electron chi connectivity index (χ4n) is 2.07. The van der Waals surface area contributed by atoms with Crippen molar-refractivity contribution in [1.82, 2.24) is 14.8 Å². The average Bonchev–Trinajstić information content (AvgIpc) is 2.81. The molecule has 0 aliphatic carbocycles. The molecule has 0 aliphatic heterocycles. The monoisotopic (exact) mass is 303 g/mol. The van der Waals surface area contributed by atoms with E-state index < -0.39 is 11.7 Å². The standard InChI is InChI=1S/C13H13ClF3N3/c1-8(2)20-11(7-14)18-19-12(20)9-5-3-4-6-10(9)13(15,16)17/h3-6,8H,7H2,1-2H3. The molecule has 2 aromatic rings. The van der Waals surface area contributed by atoms with E-state index in [1.165, 1.54) is 12.1 Å². The van der Waals surface area contributed by atoms with Crippen molar-refractivity contribution in [3.8, 4) is 11.4 Å². The van der Waals surface area contributed by atoms with Gasteiger partial charge in [-0.1, -0.05) is 18.2 Å². The SMILES string of the molecule is CC(C)n1c(CCl)nnc1-c1ccccc1C(F)(F)F. The second-order valence-corrected chi connectivity index (χ2v) is 4.85. The second kappa shape index (κ2) is 5.44. The smallest absolute Gasteiger partial charge is 0.307 e. The average molecular weight is 304 g/mol. The van der Waals surface area contributed by atoms with Gasteiger partial charge in [0.15, 0.2) is 5.82 Å². The molecule has 0 aliphatic rings. The van der Waals surface area contributed by atoms with Crippen LogP contribution in [0.3, 0.4) is 0 Å². The third kappa shape index (κ3) is 2.65. The molecular weight excluding hydrogens is 291 g/mol. The lowest BCUT2D eigenvalue weighted by Crippen LogP contribution is -2.11. The van der Waals surface area contributed by atoms with E-state index >= 15 is 0 Å². The van der Waals surface area contributed by atoms with Crippen molar-refractivity contribution in [1.29, 1.82) is 0 Å². The predicted molar refractivity (Wildman–Crippen MR) is 70.4 cm³/mol. The molecule has 0 saturated carbocycles. The Labute approximate surface area is 119 Å². The quantitative estimate of drug-likeness (QED) is 0.792. The summed E-state index contributed by atoms with van der Waals surface area (Å²) in [6.07, 6.45) is -4.44. The van der Waals surface area contributed by atoms with Crippen LogP contribution in [0.25, 0.3) is 11.4 Å². The minimum Gasteiger partial charge on any atom is -0.307 e. The Morgan fingerprint density at radius 3 is 2.40 bits per heavy atom. The summed E-state index contributed by atoms with van der Waals surface area (Å²) < 4.78 is 40.8. The van der Waals surface area contributed by atoms with Crippen LogP contribution in [0.1, 0.15) is 31.3 Å². The fraction of sp³-hybridized carbons (Fsp3) is 0.385. The van der Waals surface area contributed by atoms with Crippen LogP contribution in [-0.4, -0.2) is 14.8 Å². The minimum atomic E-state index is -4.44. The van der Waals surface area contributed by atoms with Crippen molar-refractivity contribution in [3.63, 3.8) is 0 Å². The van der Waals surface area contributed by atoms with Gasteiger partial charge in [-0.3, -0.25) is 0 Å². The molecule has 0 amide bonds. The van der Waals surface area contributed by atoms with Crippen molar-refractivity contribution in [2.24, 2.45) is 0 Å². The zero-order valence-electron chi connectivity index (χ0n) is 10.9. The number of nitrogens with zero attached hydrogens (tertiary/aromatic N) is 3. The van der Waals surface area contributed by atoms with E-state index in [4.69, 9.17) is 11.6 Å². The maximum absolute atomic E-state index is 13.1. The number of alkyl halides is 4. The molecule has 0 spiro atoms. The van der Waals surface area contributed by atoms with Crippen LogP contribution in [0.2, 0.25) is 0 Å². The Hall–Kier alpha value is -1.56. The van der Waals surface area contributed by atoms with Crippen LogP contribution >= 0.6 is 11.6 Å². The zero-order chi connectivity index (χ0) is 14.9. The summed E-state index contributed by atoms with van der Waals surface area (Å²) in [6.45, 7) is 3.69. The molecule has 0 atom stereocenters. The van der Waals surface area contributed by atoms with Crippen molar-refractivity contribution < 1.29 is 13.2 Å². The van der Waals surface area contributed by atoms with Gasteiger partial charge in [-0.05, 0) is 19.9 Å². The lowest BCUT2D eigenvalue weighted by atomic mass is 10.1. The molecule has 0 fully saturated rings. The predicted octanol–water partition coefficient (Wildman–Crippen LogP) is 4.28. The van der Waals surface area contributed by atoms with Gasteiger partial charge >= 0.3 is 6.18 Å². The Balaban J connectivity index is 2.67. The highest BCUT2D eigenvalue weighted by molar-refractivity contribution is 6.16. The van der Waals surface area contributed by atoms with Gasteiger partial charge in [0, 0.05) is 11.6 Å². The summed E-state index contributed by atoms with van der Waals surface area (Å²) in [6, 6.07) is 5.24. The van der Waals surface area contributed by atoms with Crippen molar-refractivity contribution >= 4 is 11.6 Å². The van der Waals surface area contributed by atoms with Gasteiger partial charge in [0.25, 0.3) is 0 Å². The van der Waals surface area contributed by atoms with Gasteiger partial charge in [0.1, 0.15) is 5.82 Å². The van der Waals surface area contributed by atoms with Crippen molar-refractivity contribution in [3.05, 3.63) is 35.7 Å². The maximum atomic E-state index is 13.1. The van der Waals surface area contributed by atoms with E-state index in [2.05, 4.69) is 10.2 Å². The first-order chi connectivity index (χ1) is 9.36. The largest absolute Gasteiger partial charge is 0.417 e. The number of hydrogen-bond donors (Lipinski definition) is 0. The minimum absolute atomic E-state index is 0.0116. The first-order valence-electron chi connectivity index (χ1n) is 6.02. The molecule has 0 saturated heterocycles. The van der Waals surface area contributed by atoms with Gasteiger partial charge in [-0.25, -0.2) is 0 Å². The Kier molecular flexibility index (Phi) is 4.04. The van der Waals surface area contributed by atoms with Crippen LogP contribution < -0.4 is 0 Å². The van der Waals surface area contributed by atoms with Crippen LogP contribution in [-0.2, 0) is 12.1 Å². The van der Waals surface area contributed by atoms with E-state index in [1.807, 2.05) is 13.8 Å². The maximum Gasteiger partial charge on any atom is 0.417 e. The van der Waals surface area contributed by atoms with E-state index in [0.717, 1.165) is 6.07 Å². The number of hydrogen-bond acceptors (Lipinski definition) is 2. The third-order valence-electron chi connectivity index (χ3n) is 2.88. The Morgan fingerprint density at radius 1 is 1.20 bits per heavy atom. The van der Waals surface area contributed by atoms with Crippen LogP contribution in [0, 0.1) is 0 Å². The molecule has 108 valence electrons. The highest BCUT2D eigenvalue weighted by Crippen LogP contribution is 2.37. The molecule has 7 heteroatoms. The molecule has 2 rings (SSSR count). The van der Waals surface area contributed by atoms with Gasteiger partial charge in [0.05, 0.1) is 11.4 Å². The summed E-state index contributed by atoms with van der Waals surface area (Å²) in [4.78, 5) is 0. The molecule has 3 nitrogen and oxygen atoms in total. The van der Waals surface area contributed by atoms with Crippen molar-refractivity contribution in [2.45, 2.75) is 31.9 Å². The van der Waals surface area contributed by atoms with E-state index in [1.54, 1.807) is 10.6 Å². The first-order valence-corrected chi connectivity index (χ1v) is 6.56. The molecule has 1 aromatic heterocycles. The third-order valence-corrected chi connectivity index (χ3v) is 3.11. The summed E-state index contributed by atoms with van der Waals surface area (Å²) in [7, 11) is 0.